The third kappa shape index (κ3) is 2.90. The van der Waals surface area contributed by atoms with E-state index in [0.29, 0.717) is 27.6 Å². The number of nitrogens with zero attached hydrogens (tertiary/aromatic N) is 1. The number of carbonyl (C=O) groups is 1. The molecule has 1 N–H and O–H groups in total. The van der Waals surface area contributed by atoms with E-state index < -0.39 is 0 Å². The number of nitrogens with one attached hydrogen (secondary N) is 1. The van der Waals surface area contributed by atoms with E-state index in [4.69, 9.17) is 21.6 Å². The van der Waals surface area contributed by atoms with E-state index in [2.05, 4.69) is 5.32 Å². The summed E-state index contributed by atoms with van der Waals surface area (Å²) in [6.45, 7) is 0. The number of methoxy groups -OCH3 is 1. The molecule has 0 heterocycles. The molecule has 20 heavy (non-hydrogen) atoms. The Morgan fingerprint density at radius 1 is 1.30 bits per heavy atom. The van der Waals surface area contributed by atoms with Gasteiger partial charge in [0.25, 0.3) is 5.91 Å². The Morgan fingerprint density at radius 3 is 2.70 bits per heavy atom. The van der Waals surface area contributed by atoms with E-state index in [1.165, 1.54) is 13.2 Å². The van der Waals surface area contributed by atoms with E-state index in [0.717, 1.165) is 0 Å². The van der Waals surface area contributed by atoms with Crippen LogP contribution in [0, 0.1) is 11.3 Å². The molecule has 2 aromatic rings. The zero-order valence-electron chi connectivity index (χ0n) is 10.7. The fraction of sp³-hybridized carbons (Fsp3) is 0.0667. The van der Waals surface area contributed by atoms with Crippen molar-refractivity contribution in [1.82, 2.24) is 0 Å². The fourth-order valence-electron chi connectivity index (χ4n) is 1.69. The second kappa shape index (κ2) is 6.09. The smallest absolute Gasteiger partial charge is 0.255 e. The molecule has 0 aromatic heterocycles. The first kappa shape index (κ1) is 13.9. The van der Waals surface area contributed by atoms with E-state index in [9.17, 15) is 4.79 Å². The number of halogens is 1. The minimum atomic E-state index is -0.336. The number of para-hydroxylation sites is 1. The lowest BCUT2D eigenvalue weighted by Crippen LogP contribution is -2.12. The van der Waals surface area contributed by atoms with E-state index in [1.54, 1.807) is 36.4 Å². The van der Waals surface area contributed by atoms with Gasteiger partial charge in [0.15, 0.2) is 0 Å². The van der Waals surface area contributed by atoms with Gasteiger partial charge in [0, 0.05) is 5.56 Å². The lowest BCUT2D eigenvalue weighted by molar-refractivity contribution is 0.102. The first-order valence-electron chi connectivity index (χ1n) is 5.79. The second-order valence-corrected chi connectivity index (χ2v) is 4.37. The quantitative estimate of drug-likeness (QED) is 0.939. The summed E-state index contributed by atoms with van der Waals surface area (Å²) in [5.41, 5.74) is 1.26. The predicted octanol–water partition coefficient (Wildman–Crippen LogP) is 3.47. The van der Waals surface area contributed by atoms with Gasteiger partial charge in [0.1, 0.15) is 11.8 Å². The van der Waals surface area contributed by atoms with E-state index in [1.807, 2.05) is 6.07 Å². The van der Waals surface area contributed by atoms with Gasteiger partial charge in [0.2, 0.25) is 0 Å². The lowest BCUT2D eigenvalue weighted by atomic mass is 10.1. The van der Waals surface area contributed by atoms with Crippen LogP contribution < -0.4 is 10.1 Å². The van der Waals surface area contributed by atoms with Gasteiger partial charge < -0.3 is 10.1 Å². The summed E-state index contributed by atoms with van der Waals surface area (Å²) in [6, 6.07) is 13.6. The summed E-state index contributed by atoms with van der Waals surface area (Å²) >= 11 is 5.98. The molecule has 1 amide bonds. The first-order valence-corrected chi connectivity index (χ1v) is 6.17. The topological polar surface area (TPSA) is 62.1 Å². The molecule has 0 radical (unpaired) electrons. The predicted molar refractivity (Wildman–Crippen MR) is 77.1 cm³/mol. The van der Waals surface area contributed by atoms with Gasteiger partial charge in [-0.2, -0.15) is 5.26 Å². The van der Waals surface area contributed by atoms with Gasteiger partial charge in [-0.1, -0.05) is 23.7 Å². The monoisotopic (exact) mass is 286 g/mol. The Hall–Kier alpha value is -2.51. The zero-order valence-corrected chi connectivity index (χ0v) is 11.4. The van der Waals surface area contributed by atoms with E-state index >= 15 is 0 Å². The van der Waals surface area contributed by atoms with Crippen LogP contribution in [0.15, 0.2) is 42.5 Å². The highest BCUT2D eigenvalue weighted by Crippen LogP contribution is 2.25. The molecule has 0 aliphatic carbocycles. The standard InChI is InChI=1S/C15H11ClN2O2/c1-20-14-7-6-10(8-12(14)16)15(19)18-13-5-3-2-4-11(13)9-17/h2-8H,1H3,(H,18,19). The Bertz CT molecular complexity index is 693. The van der Waals surface area contributed by atoms with Crippen LogP contribution in [0.2, 0.25) is 5.02 Å². The molecule has 4 nitrogen and oxygen atoms in total. The molecule has 0 unspecified atom stereocenters. The average Bonchev–Trinajstić information content (AvgIpc) is 2.47. The summed E-state index contributed by atoms with van der Waals surface area (Å²) < 4.78 is 5.03. The molecule has 0 saturated carbocycles. The minimum absolute atomic E-state index is 0.336. The maximum atomic E-state index is 12.1. The van der Waals surface area contributed by atoms with Crippen LogP contribution in [0.25, 0.3) is 0 Å². The third-order valence-electron chi connectivity index (χ3n) is 2.71. The van der Waals surface area contributed by atoms with Gasteiger partial charge in [-0.05, 0) is 30.3 Å². The van der Waals surface area contributed by atoms with Crippen LogP contribution in [0.5, 0.6) is 5.75 Å². The largest absolute Gasteiger partial charge is 0.495 e. The highest BCUT2D eigenvalue weighted by atomic mass is 35.5. The Balaban J connectivity index is 2.25. The number of ether oxygens (including phenoxy) is 1. The maximum Gasteiger partial charge on any atom is 0.255 e. The summed E-state index contributed by atoms with van der Waals surface area (Å²) in [5, 5.41) is 12.0. The van der Waals surface area contributed by atoms with Crippen molar-refractivity contribution in [1.29, 1.82) is 5.26 Å². The number of hydrogen-bond acceptors (Lipinski definition) is 3. The number of rotatable bonds is 3. The third-order valence-corrected chi connectivity index (χ3v) is 3.01. The molecule has 100 valence electrons. The highest BCUT2D eigenvalue weighted by Gasteiger charge is 2.11. The summed E-state index contributed by atoms with van der Waals surface area (Å²) in [6.07, 6.45) is 0. The average molecular weight is 287 g/mol. The summed E-state index contributed by atoms with van der Waals surface area (Å²) in [7, 11) is 1.50. The Morgan fingerprint density at radius 2 is 2.05 bits per heavy atom. The maximum absolute atomic E-state index is 12.1. The van der Waals surface area contributed by atoms with Crippen LogP contribution in [-0.2, 0) is 0 Å². The van der Waals surface area contributed by atoms with Crippen molar-refractivity contribution in [2.75, 3.05) is 12.4 Å². The molecule has 5 heteroatoms. The second-order valence-electron chi connectivity index (χ2n) is 3.96. The SMILES string of the molecule is COc1ccc(C(=O)Nc2ccccc2C#N)cc1Cl. The van der Waals surface area contributed by atoms with Crippen LogP contribution >= 0.6 is 11.6 Å². The van der Waals surface area contributed by atoms with Crippen molar-refractivity contribution in [2.45, 2.75) is 0 Å². The Labute approximate surface area is 121 Å². The molecule has 0 saturated heterocycles. The number of carbonyl (C=O) groups excluding carboxylic acids is 1. The van der Waals surface area contributed by atoms with Crippen molar-refractivity contribution >= 4 is 23.2 Å². The number of amides is 1. The van der Waals surface area contributed by atoms with Crippen LogP contribution in [0.1, 0.15) is 15.9 Å². The lowest BCUT2D eigenvalue weighted by Gasteiger charge is -2.08. The molecule has 0 bridgehead atoms. The van der Waals surface area contributed by atoms with Crippen molar-refractivity contribution in [3.05, 3.63) is 58.6 Å². The molecule has 0 aliphatic rings. The molecule has 0 aliphatic heterocycles. The van der Waals surface area contributed by atoms with Crippen molar-refractivity contribution < 1.29 is 9.53 Å². The molecule has 2 rings (SSSR count). The number of hydrogen-bond donors (Lipinski definition) is 1. The highest BCUT2D eigenvalue weighted by molar-refractivity contribution is 6.32. The number of anilines is 1. The first-order chi connectivity index (χ1) is 9.65. The number of benzene rings is 2. The summed E-state index contributed by atoms with van der Waals surface area (Å²) in [4.78, 5) is 12.1. The van der Waals surface area contributed by atoms with Crippen molar-refractivity contribution in [2.24, 2.45) is 0 Å². The Kier molecular flexibility index (Phi) is 4.24. The van der Waals surface area contributed by atoms with Crippen molar-refractivity contribution in [3.63, 3.8) is 0 Å². The molecule has 0 spiro atoms. The fourth-order valence-corrected chi connectivity index (χ4v) is 1.95. The van der Waals surface area contributed by atoms with Crippen LogP contribution in [-0.4, -0.2) is 13.0 Å². The number of nitriles is 1. The van der Waals surface area contributed by atoms with Gasteiger partial charge in [-0.3, -0.25) is 4.79 Å². The van der Waals surface area contributed by atoms with Gasteiger partial charge >= 0.3 is 0 Å². The van der Waals surface area contributed by atoms with Crippen LogP contribution in [0.3, 0.4) is 0 Å². The molecule has 2 aromatic carbocycles. The molecule has 0 fully saturated rings. The van der Waals surface area contributed by atoms with Gasteiger partial charge in [-0.15, -0.1) is 0 Å². The normalized spacial score (nSPS) is 9.65. The van der Waals surface area contributed by atoms with Gasteiger partial charge in [0.05, 0.1) is 23.4 Å². The minimum Gasteiger partial charge on any atom is -0.495 e. The molecular formula is C15H11ClN2O2. The van der Waals surface area contributed by atoms with E-state index in [-0.39, 0.29) is 5.91 Å². The van der Waals surface area contributed by atoms with Gasteiger partial charge in [-0.25, -0.2) is 0 Å². The zero-order chi connectivity index (χ0) is 14.5. The van der Waals surface area contributed by atoms with Crippen molar-refractivity contribution in [3.8, 4) is 11.8 Å². The summed E-state index contributed by atoms with van der Waals surface area (Å²) in [5.74, 6) is 0.165. The molecule has 0 atom stereocenters. The molecular weight excluding hydrogens is 276 g/mol. The van der Waals surface area contributed by atoms with Crippen LogP contribution in [0.4, 0.5) is 5.69 Å².